The van der Waals surface area contributed by atoms with Crippen molar-refractivity contribution in [1.82, 2.24) is 10.2 Å². The van der Waals surface area contributed by atoms with Crippen LogP contribution in [0.25, 0.3) is 0 Å². The van der Waals surface area contributed by atoms with Gasteiger partial charge in [0.25, 0.3) is 17.7 Å². The van der Waals surface area contributed by atoms with Crippen LogP contribution in [0, 0.1) is 5.92 Å². The monoisotopic (exact) mass is 392 g/mol. The predicted octanol–water partition coefficient (Wildman–Crippen LogP) is 2.47. The van der Waals surface area contributed by atoms with E-state index in [0.29, 0.717) is 35.1 Å². The topological polar surface area (TPSA) is 104 Å². The van der Waals surface area contributed by atoms with Crippen molar-refractivity contribution in [2.24, 2.45) is 5.92 Å². The van der Waals surface area contributed by atoms with Crippen molar-refractivity contribution in [3.8, 4) is 0 Å². The molecular formula is C22H20N2O5. The van der Waals surface area contributed by atoms with E-state index in [-0.39, 0.29) is 30.3 Å². The highest BCUT2D eigenvalue weighted by Gasteiger charge is 2.36. The molecule has 0 unspecified atom stereocenters. The molecule has 0 saturated heterocycles. The lowest BCUT2D eigenvalue weighted by molar-refractivity contribution is -0.142. The molecule has 0 bridgehead atoms. The molecule has 1 saturated carbocycles. The van der Waals surface area contributed by atoms with Crippen LogP contribution in [-0.4, -0.2) is 39.7 Å². The summed E-state index contributed by atoms with van der Waals surface area (Å²) in [6.45, 7) is 0.0641. The van der Waals surface area contributed by atoms with Gasteiger partial charge in [-0.2, -0.15) is 0 Å². The molecule has 29 heavy (non-hydrogen) atoms. The Hall–Kier alpha value is -3.48. The van der Waals surface area contributed by atoms with E-state index in [1.165, 1.54) is 4.90 Å². The summed E-state index contributed by atoms with van der Waals surface area (Å²) in [6, 6.07) is 13.0. The molecule has 2 N–H and O–H groups in total. The summed E-state index contributed by atoms with van der Waals surface area (Å²) < 4.78 is 0. The van der Waals surface area contributed by atoms with Gasteiger partial charge in [0.05, 0.1) is 23.6 Å². The molecular weight excluding hydrogens is 372 g/mol. The third-order valence-corrected chi connectivity index (χ3v) is 5.56. The first-order valence-corrected chi connectivity index (χ1v) is 9.53. The minimum absolute atomic E-state index is 0.0641. The Labute approximate surface area is 167 Å². The fourth-order valence-corrected chi connectivity index (χ4v) is 4.06. The molecule has 1 heterocycles. The molecule has 3 amide bonds. The first-order chi connectivity index (χ1) is 14.0. The van der Waals surface area contributed by atoms with E-state index in [1.54, 1.807) is 48.5 Å². The number of hydrogen-bond acceptors (Lipinski definition) is 4. The number of hydrogen-bond donors (Lipinski definition) is 2. The number of rotatable bonds is 5. The van der Waals surface area contributed by atoms with Crippen molar-refractivity contribution in [1.29, 1.82) is 0 Å². The molecule has 2 aromatic carbocycles. The second-order valence-corrected chi connectivity index (χ2v) is 7.40. The van der Waals surface area contributed by atoms with Crippen LogP contribution in [0.4, 0.5) is 0 Å². The van der Waals surface area contributed by atoms with Gasteiger partial charge >= 0.3 is 5.97 Å². The maximum Gasteiger partial charge on any atom is 0.308 e. The average molecular weight is 392 g/mol. The summed E-state index contributed by atoms with van der Waals surface area (Å²) in [5.41, 5.74) is 1.78. The van der Waals surface area contributed by atoms with Crippen LogP contribution in [-0.2, 0) is 11.3 Å². The van der Waals surface area contributed by atoms with E-state index in [4.69, 9.17) is 0 Å². The molecule has 2 aromatic rings. The lowest BCUT2D eigenvalue weighted by Crippen LogP contribution is -2.40. The molecule has 0 aromatic heterocycles. The zero-order chi connectivity index (χ0) is 20.5. The first kappa shape index (κ1) is 18.9. The standard InChI is InChI=1S/C22H20N2O5/c25-19(23-18-10-4-9-17(18)22(28)29)14-6-3-5-13(11-14)12-24-20(26)15-7-1-2-8-16(15)21(24)27/h1-3,5-8,11,17-18H,4,9-10,12H2,(H,23,25)(H,28,29)/t17-,18+/m1/s1. The van der Waals surface area contributed by atoms with Crippen LogP contribution in [0.1, 0.15) is 55.9 Å². The van der Waals surface area contributed by atoms with Gasteiger partial charge in [-0.1, -0.05) is 30.7 Å². The molecule has 1 aliphatic carbocycles. The van der Waals surface area contributed by atoms with Crippen molar-refractivity contribution in [3.05, 3.63) is 70.8 Å². The Morgan fingerprint density at radius 1 is 1.00 bits per heavy atom. The molecule has 7 nitrogen and oxygen atoms in total. The zero-order valence-corrected chi connectivity index (χ0v) is 15.6. The minimum atomic E-state index is -0.896. The number of imide groups is 1. The largest absolute Gasteiger partial charge is 0.481 e. The van der Waals surface area contributed by atoms with Crippen LogP contribution < -0.4 is 5.32 Å². The Morgan fingerprint density at radius 2 is 1.69 bits per heavy atom. The normalized spacial score (nSPS) is 20.6. The summed E-state index contributed by atoms with van der Waals surface area (Å²) in [5, 5.41) is 12.1. The number of nitrogens with zero attached hydrogens (tertiary/aromatic N) is 1. The molecule has 0 radical (unpaired) electrons. The highest BCUT2D eigenvalue weighted by Crippen LogP contribution is 2.27. The van der Waals surface area contributed by atoms with E-state index in [2.05, 4.69) is 5.32 Å². The number of carboxylic acid groups (broad SMARTS) is 1. The van der Waals surface area contributed by atoms with E-state index >= 15 is 0 Å². The van der Waals surface area contributed by atoms with E-state index in [9.17, 15) is 24.3 Å². The summed E-state index contributed by atoms with van der Waals surface area (Å²) in [4.78, 5) is 50.2. The number of carbonyl (C=O) groups excluding carboxylic acids is 3. The number of nitrogens with one attached hydrogen (secondary N) is 1. The number of benzene rings is 2. The Balaban J connectivity index is 1.48. The second-order valence-electron chi connectivity index (χ2n) is 7.40. The third kappa shape index (κ3) is 3.51. The van der Waals surface area contributed by atoms with Gasteiger partial charge in [-0.3, -0.25) is 24.1 Å². The smallest absolute Gasteiger partial charge is 0.308 e. The zero-order valence-electron chi connectivity index (χ0n) is 15.6. The Kier molecular flexibility index (Phi) is 4.88. The molecule has 7 heteroatoms. The molecule has 0 spiro atoms. The van der Waals surface area contributed by atoms with E-state index in [1.807, 2.05) is 0 Å². The van der Waals surface area contributed by atoms with Crippen molar-refractivity contribution >= 4 is 23.7 Å². The number of amides is 3. The highest BCUT2D eigenvalue weighted by molar-refractivity contribution is 6.21. The molecule has 4 rings (SSSR count). The fraction of sp³-hybridized carbons (Fsp3) is 0.273. The van der Waals surface area contributed by atoms with E-state index < -0.39 is 11.9 Å². The predicted molar refractivity (Wildman–Crippen MR) is 103 cm³/mol. The second kappa shape index (κ2) is 7.50. The minimum Gasteiger partial charge on any atom is -0.481 e. The van der Waals surface area contributed by atoms with Gasteiger partial charge in [-0.25, -0.2) is 0 Å². The quantitative estimate of drug-likeness (QED) is 0.761. The average Bonchev–Trinajstić information content (AvgIpc) is 3.27. The molecule has 1 fully saturated rings. The molecule has 148 valence electrons. The van der Waals surface area contributed by atoms with E-state index in [0.717, 1.165) is 6.42 Å². The highest BCUT2D eigenvalue weighted by atomic mass is 16.4. The van der Waals surface area contributed by atoms with Gasteiger partial charge < -0.3 is 10.4 Å². The van der Waals surface area contributed by atoms with Gasteiger partial charge in [-0.15, -0.1) is 0 Å². The summed E-state index contributed by atoms with van der Waals surface area (Å²) in [5.74, 6) is -2.52. The first-order valence-electron chi connectivity index (χ1n) is 9.53. The van der Waals surface area contributed by atoms with Crippen molar-refractivity contribution in [2.45, 2.75) is 31.8 Å². The number of carbonyl (C=O) groups is 4. The van der Waals surface area contributed by atoms with Gasteiger partial charge in [0.15, 0.2) is 0 Å². The summed E-state index contributed by atoms with van der Waals surface area (Å²) in [7, 11) is 0. The Bertz CT molecular complexity index is 981. The lowest BCUT2D eigenvalue weighted by Gasteiger charge is -2.18. The van der Waals surface area contributed by atoms with Gasteiger partial charge in [0, 0.05) is 11.6 Å². The maximum absolute atomic E-state index is 12.6. The SMILES string of the molecule is O=C(N[C@H]1CCC[C@H]1C(=O)O)c1cccc(CN2C(=O)c3ccccc3C2=O)c1. The van der Waals surface area contributed by atoms with Crippen molar-refractivity contribution in [2.75, 3.05) is 0 Å². The molecule has 2 aliphatic rings. The Morgan fingerprint density at radius 3 is 2.34 bits per heavy atom. The number of carboxylic acids is 1. The van der Waals surface area contributed by atoms with Crippen LogP contribution >= 0.6 is 0 Å². The molecule has 1 aliphatic heterocycles. The maximum atomic E-state index is 12.6. The molecule has 2 atom stereocenters. The van der Waals surface area contributed by atoms with Gasteiger partial charge in [-0.05, 0) is 42.7 Å². The summed E-state index contributed by atoms with van der Waals surface area (Å²) in [6.07, 6.45) is 1.96. The van der Waals surface area contributed by atoms with Crippen LogP contribution in [0.2, 0.25) is 0 Å². The summed E-state index contributed by atoms with van der Waals surface area (Å²) >= 11 is 0. The number of fused-ring (bicyclic) bond motifs is 1. The van der Waals surface area contributed by atoms with Crippen molar-refractivity contribution in [3.63, 3.8) is 0 Å². The van der Waals surface area contributed by atoms with Crippen LogP contribution in [0.15, 0.2) is 48.5 Å². The fourth-order valence-electron chi connectivity index (χ4n) is 4.06. The number of aliphatic carboxylic acids is 1. The van der Waals surface area contributed by atoms with Crippen LogP contribution in [0.5, 0.6) is 0 Å². The third-order valence-electron chi connectivity index (χ3n) is 5.56. The van der Waals surface area contributed by atoms with Gasteiger partial charge in [0.2, 0.25) is 0 Å². The van der Waals surface area contributed by atoms with Gasteiger partial charge in [0.1, 0.15) is 0 Å². The van der Waals surface area contributed by atoms with Crippen LogP contribution in [0.3, 0.4) is 0 Å². The lowest BCUT2D eigenvalue weighted by atomic mass is 10.0. The van der Waals surface area contributed by atoms with Crippen molar-refractivity contribution < 1.29 is 24.3 Å².